The molecule has 2 aromatic rings. The van der Waals surface area contributed by atoms with Crippen molar-refractivity contribution in [3.05, 3.63) is 29.1 Å². The van der Waals surface area contributed by atoms with Crippen molar-refractivity contribution in [2.24, 2.45) is 13.0 Å². The lowest BCUT2D eigenvalue weighted by Crippen LogP contribution is -2.54. The van der Waals surface area contributed by atoms with Gasteiger partial charge in [-0.05, 0) is 25.0 Å². The second-order valence-corrected chi connectivity index (χ2v) is 10.4. The lowest BCUT2D eigenvalue weighted by Gasteiger charge is -2.37. The Hall–Kier alpha value is -3.64. The first kappa shape index (κ1) is 25.5. The SMILES string of the molecule is CN1C(=O)c2c(nc(S(C)(=O)=O)n2C)N(CC#Cc2cc(NC(=O)C3CC3)nc(C(F)(F)F)c2)C1O. The van der Waals surface area contributed by atoms with Gasteiger partial charge in [-0.15, -0.1) is 0 Å². The van der Waals surface area contributed by atoms with Crippen molar-refractivity contribution in [2.45, 2.75) is 30.5 Å². The number of halogens is 3. The molecule has 0 aromatic carbocycles. The number of carbonyl (C=O) groups excluding carboxylic acids is 2. The number of fused-ring (bicyclic) bond motifs is 1. The number of aromatic nitrogens is 3. The number of amides is 2. The van der Waals surface area contributed by atoms with Gasteiger partial charge in [-0.3, -0.25) is 14.5 Å². The van der Waals surface area contributed by atoms with Gasteiger partial charge in [-0.2, -0.15) is 18.2 Å². The molecule has 3 heterocycles. The zero-order chi connectivity index (χ0) is 26.6. The molecule has 0 bridgehead atoms. The van der Waals surface area contributed by atoms with E-state index in [0.29, 0.717) is 12.8 Å². The fourth-order valence-electron chi connectivity index (χ4n) is 3.59. The Balaban J connectivity index is 1.67. The van der Waals surface area contributed by atoms with E-state index in [1.54, 1.807) is 0 Å². The summed E-state index contributed by atoms with van der Waals surface area (Å²) in [6.45, 7) is -0.320. The number of sulfone groups is 1. The van der Waals surface area contributed by atoms with Gasteiger partial charge in [0.1, 0.15) is 11.5 Å². The van der Waals surface area contributed by atoms with Gasteiger partial charge in [0.25, 0.3) is 5.91 Å². The first-order valence-corrected chi connectivity index (χ1v) is 12.4. The maximum absolute atomic E-state index is 13.3. The Morgan fingerprint density at radius 3 is 2.50 bits per heavy atom. The summed E-state index contributed by atoms with van der Waals surface area (Å²) < 4.78 is 65.2. The molecule has 4 rings (SSSR count). The minimum Gasteiger partial charge on any atom is -0.356 e. The summed E-state index contributed by atoms with van der Waals surface area (Å²) in [5, 5.41) is 12.5. The standard InChI is InChI=1S/C21H21F3N6O5S/c1-28-15-16(27-19(28)36(3,34)35)30(20(33)29(2)18(15)32)8-4-5-11-9-13(21(22,23)24)25-14(10-11)26-17(31)12-6-7-12/h9-10,12,20,33H,6-8H2,1-3H3,(H,25,26,31). The van der Waals surface area contributed by atoms with Crippen LogP contribution in [0.25, 0.3) is 0 Å². The summed E-state index contributed by atoms with van der Waals surface area (Å²) in [5.74, 6) is 3.38. The molecule has 1 atom stereocenters. The van der Waals surface area contributed by atoms with Crippen LogP contribution in [0.3, 0.4) is 0 Å². The number of aliphatic hydroxyl groups excluding tert-OH is 1. The van der Waals surface area contributed by atoms with E-state index in [1.807, 2.05) is 0 Å². The van der Waals surface area contributed by atoms with Crippen LogP contribution in [0.2, 0.25) is 0 Å². The van der Waals surface area contributed by atoms with Crippen molar-refractivity contribution < 1.29 is 36.3 Å². The molecule has 1 aliphatic heterocycles. The molecule has 2 aliphatic rings. The highest BCUT2D eigenvalue weighted by Gasteiger charge is 2.40. The van der Waals surface area contributed by atoms with Crippen molar-refractivity contribution in [3.63, 3.8) is 0 Å². The van der Waals surface area contributed by atoms with E-state index >= 15 is 0 Å². The summed E-state index contributed by atoms with van der Waals surface area (Å²) in [5.41, 5.74) is -1.44. The van der Waals surface area contributed by atoms with Gasteiger partial charge in [-0.1, -0.05) is 11.8 Å². The van der Waals surface area contributed by atoms with Crippen LogP contribution in [-0.2, 0) is 27.9 Å². The number of rotatable bonds is 4. The van der Waals surface area contributed by atoms with Gasteiger partial charge >= 0.3 is 6.18 Å². The van der Waals surface area contributed by atoms with Crippen LogP contribution in [0.4, 0.5) is 24.8 Å². The maximum Gasteiger partial charge on any atom is 0.433 e. The molecule has 36 heavy (non-hydrogen) atoms. The third-order valence-electron chi connectivity index (χ3n) is 5.58. The van der Waals surface area contributed by atoms with Crippen molar-refractivity contribution in [1.29, 1.82) is 0 Å². The van der Waals surface area contributed by atoms with E-state index in [2.05, 4.69) is 27.1 Å². The largest absolute Gasteiger partial charge is 0.433 e. The minimum atomic E-state index is -4.78. The Morgan fingerprint density at radius 1 is 1.25 bits per heavy atom. The normalized spacial score (nSPS) is 18.0. The summed E-state index contributed by atoms with van der Waals surface area (Å²) in [6, 6.07) is 1.91. The summed E-state index contributed by atoms with van der Waals surface area (Å²) in [7, 11) is -1.19. The molecule has 1 fully saturated rings. The second kappa shape index (κ2) is 8.79. The number of anilines is 2. The maximum atomic E-state index is 13.3. The number of imidazole rings is 1. The van der Waals surface area contributed by atoms with E-state index < -0.39 is 45.0 Å². The quantitative estimate of drug-likeness (QED) is 0.559. The van der Waals surface area contributed by atoms with Crippen LogP contribution in [0, 0.1) is 17.8 Å². The molecular weight excluding hydrogens is 505 g/mol. The van der Waals surface area contributed by atoms with Crippen LogP contribution in [0.1, 0.15) is 34.6 Å². The summed E-state index contributed by atoms with van der Waals surface area (Å²) in [6.07, 6.45) is -4.12. The molecule has 2 N–H and O–H groups in total. The van der Waals surface area contributed by atoms with Crippen molar-refractivity contribution in [1.82, 2.24) is 19.4 Å². The Kier molecular flexibility index (Phi) is 6.21. The Bertz CT molecular complexity index is 1420. The summed E-state index contributed by atoms with van der Waals surface area (Å²) >= 11 is 0. The number of hydrogen-bond donors (Lipinski definition) is 2. The van der Waals surface area contributed by atoms with Gasteiger partial charge < -0.3 is 19.9 Å². The molecule has 0 radical (unpaired) electrons. The second-order valence-electron chi connectivity index (χ2n) is 8.48. The molecule has 15 heteroatoms. The molecule has 1 unspecified atom stereocenters. The van der Waals surface area contributed by atoms with Gasteiger partial charge in [-0.25, -0.2) is 13.4 Å². The smallest absolute Gasteiger partial charge is 0.356 e. The van der Waals surface area contributed by atoms with Crippen LogP contribution >= 0.6 is 0 Å². The molecule has 11 nitrogen and oxygen atoms in total. The molecule has 1 saturated carbocycles. The molecule has 1 aliphatic carbocycles. The zero-order valence-electron chi connectivity index (χ0n) is 19.3. The number of alkyl halides is 3. The molecule has 192 valence electrons. The third kappa shape index (κ3) is 4.86. The van der Waals surface area contributed by atoms with Crippen LogP contribution < -0.4 is 10.2 Å². The van der Waals surface area contributed by atoms with E-state index in [1.165, 1.54) is 20.2 Å². The molecule has 2 amide bonds. The molecule has 0 spiro atoms. The molecule has 0 saturated heterocycles. The lowest BCUT2D eigenvalue weighted by molar-refractivity contribution is -0.141. The van der Waals surface area contributed by atoms with Crippen molar-refractivity contribution >= 4 is 33.3 Å². The number of aliphatic hydroxyl groups is 1. The average molecular weight is 526 g/mol. The highest BCUT2D eigenvalue weighted by atomic mass is 32.2. The number of carbonyl (C=O) groups is 2. The van der Waals surface area contributed by atoms with Gasteiger partial charge in [0.05, 0.1) is 6.54 Å². The lowest BCUT2D eigenvalue weighted by atomic mass is 10.2. The Labute approximate surface area is 203 Å². The van der Waals surface area contributed by atoms with Gasteiger partial charge in [0, 0.05) is 31.8 Å². The predicted octanol–water partition coefficient (Wildman–Crippen LogP) is 0.805. The van der Waals surface area contributed by atoms with E-state index in [0.717, 1.165) is 26.7 Å². The fraction of sp³-hybridized carbons (Fsp3) is 0.429. The van der Waals surface area contributed by atoms with Crippen molar-refractivity contribution in [2.75, 3.05) is 30.1 Å². The minimum absolute atomic E-state index is 0.0987. The van der Waals surface area contributed by atoms with Crippen molar-refractivity contribution in [3.8, 4) is 11.8 Å². The first-order valence-electron chi connectivity index (χ1n) is 10.6. The number of nitrogens with one attached hydrogen (secondary N) is 1. The fourth-order valence-corrected chi connectivity index (χ4v) is 4.44. The topological polar surface area (TPSA) is 138 Å². The van der Waals surface area contributed by atoms with Gasteiger partial charge in [0.15, 0.2) is 11.5 Å². The highest BCUT2D eigenvalue weighted by molar-refractivity contribution is 7.90. The first-order chi connectivity index (χ1) is 16.7. The summed E-state index contributed by atoms with van der Waals surface area (Å²) in [4.78, 5) is 34.2. The van der Waals surface area contributed by atoms with E-state index in [-0.39, 0.29) is 35.4 Å². The van der Waals surface area contributed by atoms with E-state index in [9.17, 15) is 36.3 Å². The number of pyridine rings is 1. The predicted molar refractivity (Wildman–Crippen MR) is 119 cm³/mol. The monoisotopic (exact) mass is 526 g/mol. The third-order valence-corrected chi connectivity index (χ3v) is 6.61. The number of hydrogen-bond acceptors (Lipinski definition) is 8. The van der Waals surface area contributed by atoms with E-state index in [4.69, 9.17) is 0 Å². The average Bonchev–Trinajstić information content (AvgIpc) is 3.56. The van der Waals surface area contributed by atoms with Crippen LogP contribution in [0.15, 0.2) is 17.3 Å². The van der Waals surface area contributed by atoms with Crippen LogP contribution in [0.5, 0.6) is 0 Å². The molecule has 2 aromatic heterocycles. The van der Waals surface area contributed by atoms with Gasteiger partial charge in [0.2, 0.25) is 27.3 Å². The number of nitrogens with zero attached hydrogens (tertiary/aromatic N) is 5. The zero-order valence-corrected chi connectivity index (χ0v) is 20.1. The van der Waals surface area contributed by atoms with Crippen LogP contribution in [-0.4, -0.2) is 71.0 Å². The highest BCUT2D eigenvalue weighted by Crippen LogP contribution is 2.33. The molecular formula is C21H21F3N6O5S. The Morgan fingerprint density at radius 2 is 1.92 bits per heavy atom.